The number of amides is 2. The van der Waals surface area contributed by atoms with Gasteiger partial charge in [0.2, 0.25) is 0 Å². The molecule has 1 N–H and O–H groups in total. The lowest BCUT2D eigenvalue weighted by molar-refractivity contribution is -0.0168. The first-order chi connectivity index (χ1) is 18.9. The van der Waals surface area contributed by atoms with E-state index in [-0.39, 0.29) is 17.4 Å². The van der Waals surface area contributed by atoms with Gasteiger partial charge in [0.15, 0.2) is 11.5 Å². The summed E-state index contributed by atoms with van der Waals surface area (Å²) in [6, 6.07) is 17.6. The summed E-state index contributed by atoms with van der Waals surface area (Å²) in [5.41, 5.74) is 3.89. The number of nitrogens with one attached hydrogen (secondary N) is 1. The van der Waals surface area contributed by atoms with E-state index >= 15 is 0 Å². The average molecular weight is 525 g/mol. The number of likely N-dealkylation sites (N-methyl/N-ethyl adjacent to an activating group) is 1. The molecule has 0 atom stereocenters. The highest BCUT2D eigenvalue weighted by Gasteiger charge is 2.51. The van der Waals surface area contributed by atoms with Gasteiger partial charge in [0, 0.05) is 48.9 Å². The van der Waals surface area contributed by atoms with Crippen LogP contribution >= 0.6 is 0 Å². The Morgan fingerprint density at radius 1 is 0.846 bits per heavy atom. The molecular weight excluding hydrogens is 488 g/mol. The van der Waals surface area contributed by atoms with E-state index in [9.17, 15) is 9.59 Å². The molecule has 8 rings (SSSR count). The molecule has 202 valence electrons. The summed E-state index contributed by atoms with van der Waals surface area (Å²) >= 11 is 0. The third-order valence-corrected chi connectivity index (χ3v) is 9.56. The number of aromatic nitrogens is 1. The number of rotatable bonds is 5. The van der Waals surface area contributed by atoms with Crippen LogP contribution < -0.4 is 5.32 Å². The summed E-state index contributed by atoms with van der Waals surface area (Å²) in [5, 5.41) is 7.50. The van der Waals surface area contributed by atoms with Crippen molar-refractivity contribution in [2.75, 3.05) is 33.2 Å². The maximum absolute atomic E-state index is 13.2. The van der Waals surface area contributed by atoms with Gasteiger partial charge in [-0.05, 0) is 86.6 Å². The van der Waals surface area contributed by atoms with Gasteiger partial charge in [-0.25, -0.2) is 0 Å². The molecule has 39 heavy (non-hydrogen) atoms. The van der Waals surface area contributed by atoms with Gasteiger partial charge in [0.05, 0.1) is 0 Å². The topological polar surface area (TPSA) is 78.7 Å². The van der Waals surface area contributed by atoms with Gasteiger partial charge in [-0.15, -0.1) is 0 Å². The van der Waals surface area contributed by atoms with Crippen LogP contribution in [0.25, 0.3) is 22.5 Å². The highest BCUT2D eigenvalue weighted by molar-refractivity contribution is 5.96. The minimum absolute atomic E-state index is 0.0487. The fraction of sp³-hybridized carbons (Fsp3) is 0.469. The fourth-order valence-electron chi connectivity index (χ4n) is 7.94. The van der Waals surface area contributed by atoms with Crippen molar-refractivity contribution in [2.24, 2.45) is 17.8 Å². The van der Waals surface area contributed by atoms with Crippen LogP contribution in [0.3, 0.4) is 0 Å². The standard InChI is InChI=1S/C32H36N4O3/c1-35-9-11-36(12-10-35)31(38)27-4-2-3-26(16-27)24-5-7-25(8-6-24)29-17-28(34-39-29)30(37)33-32-18-21-13-22(19-32)15-23(14-21)20-32/h2-8,16-17,21-23H,9-15,18-20H2,1H3,(H,33,37). The van der Waals surface area contributed by atoms with Crippen LogP contribution in [0.1, 0.15) is 59.4 Å². The zero-order chi connectivity index (χ0) is 26.6. The maximum atomic E-state index is 13.2. The summed E-state index contributed by atoms with van der Waals surface area (Å²) in [6.45, 7) is 3.32. The molecular formula is C32H36N4O3. The predicted octanol–water partition coefficient (Wildman–Crippen LogP) is 5.09. The van der Waals surface area contributed by atoms with E-state index in [4.69, 9.17) is 4.52 Å². The normalized spacial score (nSPS) is 28.0. The molecule has 4 saturated carbocycles. The molecule has 1 aromatic heterocycles. The average Bonchev–Trinajstić information content (AvgIpc) is 3.43. The Morgan fingerprint density at radius 2 is 1.49 bits per heavy atom. The Labute approximate surface area is 229 Å². The van der Waals surface area contributed by atoms with Crippen LogP contribution in [-0.2, 0) is 0 Å². The summed E-state index contributed by atoms with van der Waals surface area (Å²) in [5.74, 6) is 2.86. The predicted molar refractivity (Wildman–Crippen MR) is 149 cm³/mol. The van der Waals surface area contributed by atoms with Crippen LogP contribution in [-0.4, -0.2) is 65.5 Å². The molecule has 0 radical (unpaired) electrons. The van der Waals surface area contributed by atoms with Gasteiger partial charge >= 0.3 is 0 Å². The summed E-state index contributed by atoms with van der Waals surface area (Å²) in [7, 11) is 2.09. The number of carbonyl (C=O) groups excluding carboxylic acids is 2. The molecule has 3 aromatic rings. The molecule has 5 fully saturated rings. The first-order valence-electron chi connectivity index (χ1n) is 14.4. The molecule has 7 heteroatoms. The van der Waals surface area contributed by atoms with Crippen molar-refractivity contribution >= 4 is 11.8 Å². The fourth-order valence-corrected chi connectivity index (χ4v) is 7.94. The molecule has 1 saturated heterocycles. The SMILES string of the molecule is CN1CCN(C(=O)c2cccc(-c3ccc(-c4cc(C(=O)NC56CC7CC(CC(C7)C5)C6)no4)cc3)c2)CC1. The summed E-state index contributed by atoms with van der Waals surface area (Å²) in [6.07, 6.45) is 7.36. The number of carbonyl (C=O) groups is 2. The Hall–Kier alpha value is -3.45. The van der Waals surface area contributed by atoms with E-state index in [1.165, 1.54) is 19.3 Å². The van der Waals surface area contributed by atoms with Crippen molar-refractivity contribution in [3.63, 3.8) is 0 Å². The van der Waals surface area contributed by atoms with Gasteiger partial charge in [-0.2, -0.15) is 0 Å². The van der Waals surface area contributed by atoms with E-state index in [2.05, 4.69) is 22.4 Å². The van der Waals surface area contributed by atoms with E-state index < -0.39 is 0 Å². The van der Waals surface area contributed by atoms with Crippen molar-refractivity contribution < 1.29 is 14.1 Å². The lowest BCUT2D eigenvalue weighted by Crippen LogP contribution is -2.59. The molecule has 2 amide bonds. The number of nitrogens with zero attached hydrogens (tertiary/aromatic N) is 3. The minimum atomic E-state index is -0.120. The smallest absolute Gasteiger partial charge is 0.273 e. The Kier molecular flexibility index (Phi) is 6.07. The van der Waals surface area contributed by atoms with Crippen molar-refractivity contribution in [2.45, 2.75) is 44.1 Å². The second-order valence-corrected chi connectivity index (χ2v) is 12.5. The van der Waals surface area contributed by atoms with Gasteiger partial charge in [-0.3, -0.25) is 9.59 Å². The highest BCUT2D eigenvalue weighted by atomic mass is 16.5. The molecule has 2 heterocycles. The number of hydrogen-bond acceptors (Lipinski definition) is 5. The van der Waals surface area contributed by atoms with E-state index in [0.717, 1.165) is 79.9 Å². The van der Waals surface area contributed by atoms with Gasteiger partial charge < -0.3 is 19.6 Å². The summed E-state index contributed by atoms with van der Waals surface area (Å²) in [4.78, 5) is 30.4. The van der Waals surface area contributed by atoms with E-state index in [1.807, 2.05) is 53.4 Å². The Bertz CT molecular complexity index is 1350. The minimum Gasteiger partial charge on any atom is -0.355 e. The maximum Gasteiger partial charge on any atom is 0.273 e. The Morgan fingerprint density at radius 3 is 2.15 bits per heavy atom. The first kappa shape index (κ1) is 24.6. The monoisotopic (exact) mass is 524 g/mol. The molecule has 0 spiro atoms. The summed E-state index contributed by atoms with van der Waals surface area (Å²) < 4.78 is 5.60. The molecule has 5 aliphatic rings. The zero-order valence-corrected chi connectivity index (χ0v) is 22.6. The molecule has 4 aliphatic carbocycles. The van der Waals surface area contributed by atoms with Crippen LogP contribution in [0.15, 0.2) is 59.1 Å². The van der Waals surface area contributed by atoms with Crippen molar-refractivity contribution in [1.29, 1.82) is 0 Å². The quantitative estimate of drug-likeness (QED) is 0.503. The third kappa shape index (κ3) is 4.78. The van der Waals surface area contributed by atoms with Crippen molar-refractivity contribution in [3.8, 4) is 22.5 Å². The lowest BCUT2D eigenvalue weighted by atomic mass is 9.53. The van der Waals surface area contributed by atoms with Gasteiger partial charge in [-0.1, -0.05) is 41.6 Å². The van der Waals surface area contributed by atoms with E-state index in [0.29, 0.717) is 17.0 Å². The van der Waals surface area contributed by atoms with Crippen LogP contribution in [0.5, 0.6) is 0 Å². The van der Waals surface area contributed by atoms with Crippen LogP contribution in [0, 0.1) is 17.8 Å². The second kappa shape index (κ2) is 9.63. The van der Waals surface area contributed by atoms with Gasteiger partial charge in [0.25, 0.3) is 11.8 Å². The molecule has 0 unspecified atom stereocenters. The molecule has 1 aliphatic heterocycles. The number of benzene rings is 2. The second-order valence-electron chi connectivity index (χ2n) is 12.5. The first-order valence-corrected chi connectivity index (χ1v) is 14.4. The highest BCUT2D eigenvalue weighted by Crippen LogP contribution is 2.55. The largest absolute Gasteiger partial charge is 0.355 e. The Balaban J connectivity index is 1.03. The number of piperazine rings is 1. The number of hydrogen-bond donors (Lipinski definition) is 1. The zero-order valence-electron chi connectivity index (χ0n) is 22.6. The molecule has 4 bridgehead atoms. The molecule has 2 aromatic carbocycles. The molecule has 7 nitrogen and oxygen atoms in total. The van der Waals surface area contributed by atoms with Crippen LogP contribution in [0.2, 0.25) is 0 Å². The van der Waals surface area contributed by atoms with Gasteiger partial charge in [0.1, 0.15) is 0 Å². The van der Waals surface area contributed by atoms with E-state index in [1.54, 1.807) is 6.07 Å². The van der Waals surface area contributed by atoms with Crippen molar-refractivity contribution in [1.82, 2.24) is 20.3 Å². The lowest BCUT2D eigenvalue weighted by Gasteiger charge is -2.56. The van der Waals surface area contributed by atoms with Crippen molar-refractivity contribution in [3.05, 3.63) is 65.9 Å². The third-order valence-electron chi connectivity index (χ3n) is 9.56. The van der Waals surface area contributed by atoms with Crippen LogP contribution in [0.4, 0.5) is 0 Å².